The number of para-hydroxylation sites is 1. The molecule has 0 saturated heterocycles. The van der Waals surface area contributed by atoms with Gasteiger partial charge in [0.05, 0.1) is 6.61 Å². The molecule has 0 unspecified atom stereocenters. The van der Waals surface area contributed by atoms with Crippen LogP contribution in [0, 0.1) is 0 Å². The predicted molar refractivity (Wildman–Crippen MR) is 75.8 cm³/mol. The molecule has 1 aliphatic heterocycles. The fourth-order valence-electron chi connectivity index (χ4n) is 2.98. The van der Waals surface area contributed by atoms with Crippen molar-refractivity contribution in [2.45, 2.75) is 44.0 Å². The van der Waals surface area contributed by atoms with E-state index >= 15 is 0 Å². The molecule has 21 heavy (non-hydrogen) atoms. The van der Waals surface area contributed by atoms with Crippen LogP contribution in [0.4, 0.5) is 0 Å². The maximum absolute atomic E-state index is 11.0. The van der Waals surface area contributed by atoms with Gasteiger partial charge in [0.2, 0.25) is 5.79 Å². The Labute approximate surface area is 124 Å². The summed E-state index contributed by atoms with van der Waals surface area (Å²) >= 11 is 0. The topological polar surface area (TPSA) is 87.9 Å². The van der Waals surface area contributed by atoms with Crippen molar-refractivity contribution in [1.29, 1.82) is 0 Å². The average molecular weight is 313 g/mol. The number of nitrogens with two attached hydrogens (primary N) is 1. The molecule has 1 heterocycles. The van der Waals surface area contributed by atoms with E-state index in [-0.39, 0.29) is 6.61 Å². The van der Waals surface area contributed by atoms with Crippen molar-refractivity contribution in [2.75, 3.05) is 6.61 Å². The van der Waals surface area contributed by atoms with E-state index in [1.165, 1.54) is 0 Å². The summed E-state index contributed by atoms with van der Waals surface area (Å²) in [5.74, 6) is 0.0626. The Morgan fingerprint density at radius 2 is 1.95 bits per heavy atom. The molecule has 1 atom stereocenters. The molecule has 2 N–H and O–H groups in total. The largest absolute Gasteiger partial charge is 0.462 e. The van der Waals surface area contributed by atoms with Crippen molar-refractivity contribution in [3.63, 3.8) is 0 Å². The van der Waals surface area contributed by atoms with Gasteiger partial charge in [-0.05, 0) is 18.9 Å². The highest BCUT2D eigenvalue weighted by Gasteiger charge is 2.43. The molecule has 1 aromatic carbocycles. The zero-order chi connectivity index (χ0) is 14.9. The Morgan fingerprint density at radius 1 is 1.24 bits per heavy atom. The fourth-order valence-corrected chi connectivity index (χ4v) is 3.29. The van der Waals surface area contributed by atoms with E-state index in [9.17, 15) is 8.42 Å². The predicted octanol–water partition coefficient (Wildman–Crippen LogP) is 2.02. The van der Waals surface area contributed by atoms with Gasteiger partial charge in [-0.15, -0.1) is 0 Å². The van der Waals surface area contributed by atoms with E-state index in [0.29, 0.717) is 0 Å². The van der Waals surface area contributed by atoms with Gasteiger partial charge in [0.15, 0.2) is 0 Å². The van der Waals surface area contributed by atoms with Crippen LogP contribution in [0.5, 0.6) is 5.75 Å². The molecule has 1 aliphatic carbocycles. The first-order valence-electron chi connectivity index (χ1n) is 7.10. The van der Waals surface area contributed by atoms with Crippen LogP contribution >= 0.6 is 0 Å². The number of fused-ring (bicyclic) bond motifs is 1. The van der Waals surface area contributed by atoms with Crippen molar-refractivity contribution in [1.82, 2.24) is 0 Å². The van der Waals surface area contributed by atoms with E-state index in [1.807, 2.05) is 24.3 Å². The smallest absolute Gasteiger partial charge is 0.333 e. The standard InChI is InChI=1S/C14H19NO5S/c15-21(16,17)18-10-13-11-6-2-3-7-12(11)19-14(20-13)8-4-1-5-9-14/h2-3,6-7,13H,1,4-5,8-10H2,(H2,15,16,17)/t13-/m1/s1. The monoisotopic (exact) mass is 313 g/mol. The van der Waals surface area contributed by atoms with E-state index in [4.69, 9.17) is 18.8 Å². The highest BCUT2D eigenvalue weighted by Crippen LogP contribution is 2.44. The van der Waals surface area contributed by atoms with Crippen molar-refractivity contribution in [3.8, 4) is 5.75 Å². The number of benzene rings is 1. The van der Waals surface area contributed by atoms with Crippen molar-refractivity contribution < 1.29 is 22.1 Å². The van der Waals surface area contributed by atoms with Gasteiger partial charge < -0.3 is 9.47 Å². The van der Waals surface area contributed by atoms with Gasteiger partial charge in [-0.3, -0.25) is 4.18 Å². The molecule has 1 aromatic rings. The Hall–Kier alpha value is -1.15. The van der Waals surface area contributed by atoms with Crippen LogP contribution in [0.15, 0.2) is 24.3 Å². The first kappa shape index (κ1) is 14.8. The highest BCUT2D eigenvalue weighted by atomic mass is 32.2. The summed E-state index contributed by atoms with van der Waals surface area (Å²) in [7, 11) is -3.99. The summed E-state index contributed by atoms with van der Waals surface area (Å²) < 4.78 is 38.9. The molecule has 3 rings (SSSR count). The molecular weight excluding hydrogens is 294 g/mol. The van der Waals surface area contributed by atoms with E-state index < -0.39 is 22.2 Å². The zero-order valence-corrected chi connectivity index (χ0v) is 12.5. The van der Waals surface area contributed by atoms with E-state index in [0.717, 1.165) is 43.4 Å². The summed E-state index contributed by atoms with van der Waals surface area (Å²) in [5, 5.41) is 4.91. The molecular formula is C14H19NO5S. The SMILES string of the molecule is NS(=O)(=O)OC[C@H]1OC2(CCCCC2)Oc2ccccc21. The van der Waals surface area contributed by atoms with Gasteiger partial charge in [0.1, 0.15) is 11.9 Å². The lowest BCUT2D eigenvalue weighted by molar-refractivity contribution is -0.249. The zero-order valence-electron chi connectivity index (χ0n) is 11.7. The number of ether oxygens (including phenoxy) is 2. The van der Waals surface area contributed by atoms with Gasteiger partial charge in [0.25, 0.3) is 0 Å². The third-order valence-corrected chi connectivity index (χ3v) is 4.38. The minimum atomic E-state index is -3.99. The van der Waals surface area contributed by atoms with Gasteiger partial charge in [-0.1, -0.05) is 24.6 Å². The molecule has 116 valence electrons. The second-order valence-electron chi connectivity index (χ2n) is 5.50. The lowest BCUT2D eigenvalue weighted by Gasteiger charge is -2.44. The van der Waals surface area contributed by atoms with Gasteiger partial charge in [0, 0.05) is 18.4 Å². The maximum atomic E-state index is 11.0. The van der Waals surface area contributed by atoms with Gasteiger partial charge in [-0.25, -0.2) is 5.14 Å². The van der Waals surface area contributed by atoms with Gasteiger partial charge >= 0.3 is 10.3 Å². The second-order valence-corrected chi connectivity index (χ2v) is 6.72. The van der Waals surface area contributed by atoms with E-state index in [1.54, 1.807) is 0 Å². The normalized spacial score (nSPS) is 24.3. The average Bonchev–Trinajstić information content (AvgIpc) is 2.45. The third kappa shape index (κ3) is 3.37. The molecule has 1 saturated carbocycles. The Kier molecular flexibility index (Phi) is 3.92. The summed E-state index contributed by atoms with van der Waals surface area (Å²) in [6.07, 6.45) is 4.33. The number of hydrogen-bond donors (Lipinski definition) is 1. The molecule has 1 fully saturated rings. The van der Waals surface area contributed by atoms with Crippen molar-refractivity contribution >= 4 is 10.3 Å². The quantitative estimate of drug-likeness (QED) is 0.922. The van der Waals surface area contributed by atoms with Crippen LogP contribution in [0.2, 0.25) is 0 Å². The lowest BCUT2D eigenvalue weighted by Crippen LogP contribution is -2.46. The van der Waals surface area contributed by atoms with Crippen LogP contribution in [-0.4, -0.2) is 20.8 Å². The molecule has 1 spiro atoms. The lowest BCUT2D eigenvalue weighted by atomic mass is 9.92. The van der Waals surface area contributed by atoms with E-state index in [2.05, 4.69) is 0 Å². The van der Waals surface area contributed by atoms with Crippen LogP contribution in [-0.2, 0) is 19.2 Å². The Bertz CT molecular complexity index is 610. The minimum absolute atomic E-state index is 0.138. The summed E-state index contributed by atoms with van der Waals surface area (Å²) in [5.41, 5.74) is 0.789. The molecule has 0 bridgehead atoms. The van der Waals surface area contributed by atoms with Crippen LogP contribution in [0.1, 0.15) is 43.8 Å². The molecule has 0 aromatic heterocycles. The molecule has 0 amide bonds. The number of hydrogen-bond acceptors (Lipinski definition) is 5. The fraction of sp³-hybridized carbons (Fsp3) is 0.571. The summed E-state index contributed by atoms with van der Waals surface area (Å²) in [4.78, 5) is 0. The number of rotatable bonds is 3. The summed E-state index contributed by atoms with van der Waals surface area (Å²) in [6.45, 7) is -0.138. The molecule has 0 radical (unpaired) electrons. The van der Waals surface area contributed by atoms with Crippen LogP contribution in [0.3, 0.4) is 0 Å². The molecule has 7 heteroatoms. The first-order chi connectivity index (χ1) is 9.98. The first-order valence-corrected chi connectivity index (χ1v) is 8.58. The van der Waals surface area contributed by atoms with Gasteiger partial charge in [-0.2, -0.15) is 8.42 Å². The highest BCUT2D eigenvalue weighted by molar-refractivity contribution is 7.84. The maximum Gasteiger partial charge on any atom is 0.333 e. The molecule has 2 aliphatic rings. The Morgan fingerprint density at radius 3 is 2.67 bits per heavy atom. The van der Waals surface area contributed by atoms with Crippen molar-refractivity contribution in [2.24, 2.45) is 5.14 Å². The van der Waals surface area contributed by atoms with Crippen LogP contribution < -0.4 is 9.88 Å². The van der Waals surface area contributed by atoms with Crippen molar-refractivity contribution in [3.05, 3.63) is 29.8 Å². The minimum Gasteiger partial charge on any atom is -0.462 e. The second kappa shape index (κ2) is 5.57. The third-order valence-electron chi connectivity index (χ3n) is 3.92. The summed E-state index contributed by atoms with van der Waals surface area (Å²) in [6, 6.07) is 7.47. The van der Waals surface area contributed by atoms with Crippen LogP contribution in [0.25, 0.3) is 0 Å². The molecule has 6 nitrogen and oxygen atoms in total. The Balaban J connectivity index is 1.86.